The minimum atomic E-state index is -1.04. The first-order chi connectivity index (χ1) is 11.1. The van der Waals surface area contributed by atoms with E-state index in [9.17, 15) is 18.8 Å². The van der Waals surface area contributed by atoms with E-state index < -0.39 is 23.2 Å². The summed E-state index contributed by atoms with van der Waals surface area (Å²) in [4.78, 5) is 34.9. The molecule has 1 aromatic carbocycles. The van der Waals surface area contributed by atoms with Crippen LogP contribution in [0.4, 0.5) is 10.1 Å². The number of rotatable bonds is 5. The van der Waals surface area contributed by atoms with Crippen LogP contribution in [-0.2, 0) is 16.0 Å². The van der Waals surface area contributed by atoms with Crippen molar-refractivity contribution in [3.63, 3.8) is 0 Å². The first-order valence-electron chi connectivity index (χ1n) is 7.79. The van der Waals surface area contributed by atoms with Gasteiger partial charge in [0.1, 0.15) is 5.82 Å². The number of fused-ring (bicyclic) bond motifs is 1. The van der Waals surface area contributed by atoms with Crippen molar-refractivity contribution in [1.29, 1.82) is 0 Å². The Hall–Kier alpha value is -2.44. The lowest BCUT2D eigenvalue weighted by Crippen LogP contribution is -2.51. The van der Waals surface area contributed by atoms with Crippen molar-refractivity contribution in [3.05, 3.63) is 29.1 Å². The van der Waals surface area contributed by atoms with Gasteiger partial charge in [-0.2, -0.15) is 0 Å². The van der Waals surface area contributed by atoms with Crippen LogP contribution in [0, 0.1) is 11.7 Å². The molecule has 1 aromatic rings. The molecule has 1 unspecified atom stereocenters. The molecule has 6 nitrogen and oxygen atoms in total. The molecule has 130 valence electrons. The van der Waals surface area contributed by atoms with Gasteiger partial charge < -0.3 is 15.7 Å². The van der Waals surface area contributed by atoms with Crippen molar-refractivity contribution in [2.45, 2.75) is 45.6 Å². The van der Waals surface area contributed by atoms with E-state index in [1.807, 2.05) is 0 Å². The van der Waals surface area contributed by atoms with E-state index in [1.54, 1.807) is 20.8 Å². The smallest absolute Gasteiger partial charge is 0.305 e. The maximum Gasteiger partial charge on any atom is 0.305 e. The first-order valence-corrected chi connectivity index (χ1v) is 7.79. The van der Waals surface area contributed by atoms with Crippen molar-refractivity contribution in [2.24, 2.45) is 5.92 Å². The highest BCUT2D eigenvalue weighted by Gasteiger charge is 2.34. The molecule has 3 N–H and O–H groups in total. The van der Waals surface area contributed by atoms with E-state index in [1.165, 1.54) is 6.07 Å². The van der Waals surface area contributed by atoms with Crippen LogP contribution in [-0.4, -0.2) is 28.4 Å². The van der Waals surface area contributed by atoms with Crippen LogP contribution in [0.15, 0.2) is 12.1 Å². The Kier molecular flexibility index (Phi) is 4.91. The molecular weight excluding hydrogens is 315 g/mol. The molecule has 0 bridgehead atoms. The fourth-order valence-corrected chi connectivity index (χ4v) is 2.61. The molecule has 0 spiro atoms. The molecule has 1 aliphatic rings. The van der Waals surface area contributed by atoms with Crippen molar-refractivity contribution in [1.82, 2.24) is 5.32 Å². The summed E-state index contributed by atoms with van der Waals surface area (Å²) in [7, 11) is 0. The number of carboxylic acids is 1. The normalized spacial score (nSPS) is 16.1. The van der Waals surface area contributed by atoms with Gasteiger partial charge in [-0.15, -0.1) is 0 Å². The van der Waals surface area contributed by atoms with Gasteiger partial charge in [-0.25, -0.2) is 4.39 Å². The molecule has 1 atom stereocenters. The van der Waals surface area contributed by atoms with Gasteiger partial charge in [0, 0.05) is 12.1 Å². The van der Waals surface area contributed by atoms with Gasteiger partial charge in [0.2, 0.25) is 5.91 Å². The number of carbonyl (C=O) groups excluding carboxylic acids is 2. The molecule has 0 aromatic heterocycles. The fourth-order valence-electron chi connectivity index (χ4n) is 2.61. The van der Waals surface area contributed by atoms with Crippen LogP contribution >= 0.6 is 0 Å². The Balaban J connectivity index is 2.29. The molecule has 7 heteroatoms. The SMILES string of the molecule is CC(C)C(C)(CC(=O)O)NC(=O)c1cc2c(cc1F)NC(=O)CC2. The van der Waals surface area contributed by atoms with Crippen LogP contribution < -0.4 is 10.6 Å². The number of halogens is 1. The summed E-state index contributed by atoms with van der Waals surface area (Å²) < 4.78 is 14.3. The number of hydrogen-bond donors (Lipinski definition) is 3. The Labute approximate surface area is 139 Å². The van der Waals surface area contributed by atoms with Crippen LogP contribution in [0.25, 0.3) is 0 Å². The van der Waals surface area contributed by atoms with Crippen molar-refractivity contribution < 1.29 is 23.9 Å². The molecule has 0 saturated carbocycles. The van der Waals surface area contributed by atoms with Crippen molar-refractivity contribution >= 4 is 23.5 Å². The molecule has 2 rings (SSSR count). The highest BCUT2D eigenvalue weighted by atomic mass is 19.1. The Morgan fingerprint density at radius 2 is 2.04 bits per heavy atom. The van der Waals surface area contributed by atoms with Gasteiger partial charge in [0.25, 0.3) is 5.91 Å². The minimum Gasteiger partial charge on any atom is -0.481 e. The average Bonchev–Trinajstić information content (AvgIpc) is 2.45. The van der Waals surface area contributed by atoms with E-state index in [-0.39, 0.29) is 30.2 Å². The summed E-state index contributed by atoms with van der Waals surface area (Å²) in [5, 5.41) is 14.3. The zero-order chi connectivity index (χ0) is 18.1. The minimum absolute atomic E-state index is 0.151. The van der Waals surface area contributed by atoms with Crippen molar-refractivity contribution in [2.75, 3.05) is 5.32 Å². The Morgan fingerprint density at radius 3 is 2.62 bits per heavy atom. The second-order valence-corrected chi connectivity index (χ2v) is 6.63. The average molecular weight is 336 g/mol. The molecule has 0 aliphatic carbocycles. The molecule has 2 amide bonds. The lowest BCUT2D eigenvalue weighted by molar-refractivity contribution is -0.139. The molecule has 0 radical (unpaired) electrons. The lowest BCUT2D eigenvalue weighted by Gasteiger charge is -2.33. The zero-order valence-electron chi connectivity index (χ0n) is 13.9. The summed E-state index contributed by atoms with van der Waals surface area (Å²) >= 11 is 0. The van der Waals surface area contributed by atoms with Crippen LogP contribution in [0.5, 0.6) is 0 Å². The van der Waals surface area contributed by atoms with Gasteiger partial charge in [0.15, 0.2) is 0 Å². The monoisotopic (exact) mass is 336 g/mol. The van der Waals surface area contributed by atoms with Crippen LogP contribution in [0.2, 0.25) is 0 Å². The van der Waals surface area contributed by atoms with Gasteiger partial charge in [-0.1, -0.05) is 13.8 Å². The third-order valence-electron chi connectivity index (χ3n) is 4.52. The van der Waals surface area contributed by atoms with Crippen molar-refractivity contribution in [3.8, 4) is 0 Å². The summed E-state index contributed by atoms with van der Waals surface area (Å²) in [5.74, 6) is -2.80. The second-order valence-electron chi connectivity index (χ2n) is 6.63. The third-order valence-corrected chi connectivity index (χ3v) is 4.52. The fraction of sp³-hybridized carbons (Fsp3) is 0.471. The Morgan fingerprint density at radius 1 is 1.38 bits per heavy atom. The summed E-state index contributed by atoms with van der Waals surface area (Å²) in [6.07, 6.45) is 0.444. The summed E-state index contributed by atoms with van der Waals surface area (Å²) in [6, 6.07) is 2.55. The first kappa shape index (κ1) is 17.9. The van der Waals surface area contributed by atoms with Gasteiger partial charge >= 0.3 is 5.97 Å². The predicted molar refractivity (Wildman–Crippen MR) is 86.3 cm³/mol. The number of nitrogens with one attached hydrogen (secondary N) is 2. The van der Waals surface area contributed by atoms with E-state index in [4.69, 9.17) is 5.11 Å². The standard InChI is InChI=1S/C17H21FN2O4/c1-9(2)17(3,8-15(22)23)20-16(24)11-6-10-4-5-14(21)19-13(10)7-12(11)18/h6-7,9H,4-5,8H2,1-3H3,(H,19,21)(H,20,24)(H,22,23). The van der Waals surface area contributed by atoms with E-state index in [0.717, 1.165) is 6.07 Å². The molecule has 0 saturated heterocycles. The number of hydrogen-bond acceptors (Lipinski definition) is 3. The highest BCUT2D eigenvalue weighted by Crippen LogP contribution is 2.27. The number of aryl methyl sites for hydroxylation is 1. The molecule has 0 fully saturated rings. The van der Waals surface area contributed by atoms with Gasteiger partial charge in [-0.05, 0) is 37.0 Å². The van der Waals surface area contributed by atoms with E-state index in [2.05, 4.69) is 10.6 Å². The van der Waals surface area contributed by atoms with E-state index >= 15 is 0 Å². The Bertz CT molecular complexity index is 702. The maximum atomic E-state index is 14.3. The summed E-state index contributed by atoms with van der Waals surface area (Å²) in [5.41, 5.74) is -0.0929. The largest absolute Gasteiger partial charge is 0.481 e. The number of aliphatic carboxylic acids is 1. The number of carboxylic acid groups (broad SMARTS) is 1. The van der Waals surface area contributed by atoms with Gasteiger partial charge in [0.05, 0.1) is 17.5 Å². The molecule has 1 heterocycles. The van der Waals surface area contributed by atoms with E-state index in [0.29, 0.717) is 17.7 Å². The van der Waals surface area contributed by atoms with Gasteiger partial charge in [-0.3, -0.25) is 14.4 Å². The highest BCUT2D eigenvalue weighted by molar-refractivity contribution is 5.98. The predicted octanol–water partition coefficient (Wildman–Crippen LogP) is 2.33. The third kappa shape index (κ3) is 3.72. The number of benzene rings is 1. The topological polar surface area (TPSA) is 95.5 Å². The molecule has 24 heavy (non-hydrogen) atoms. The van der Waals surface area contributed by atoms with Crippen LogP contribution in [0.3, 0.4) is 0 Å². The second kappa shape index (κ2) is 6.59. The van der Waals surface area contributed by atoms with Crippen LogP contribution in [0.1, 0.15) is 49.5 Å². The maximum absolute atomic E-state index is 14.3. The molecule has 1 aliphatic heterocycles. The lowest BCUT2D eigenvalue weighted by atomic mass is 9.85. The number of anilines is 1. The summed E-state index contributed by atoms with van der Waals surface area (Å²) in [6.45, 7) is 5.21. The molecular formula is C17H21FN2O4. The number of amides is 2. The number of carbonyl (C=O) groups is 3. The quantitative estimate of drug-likeness (QED) is 0.769. The zero-order valence-corrected chi connectivity index (χ0v) is 13.9.